The second kappa shape index (κ2) is 6.66. The van der Waals surface area contributed by atoms with Gasteiger partial charge in [0.25, 0.3) is 0 Å². The first-order chi connectivity index (χ1) is 10.2. The Morgan fingerprint density at radius 3 is 3.00 bits per heavy atom. The highest BCUT2D eigenvalue weighted by atomic mass is 32.2. The molecule has 21 heavy (non-hydrogen) atoms. The monoisotopic (exact) mass is 306 g/mol. The number of thioether (sulfide) groups is 1. The summed E-state index contributed by atoms with van der Waals surface area (Å²) < 4.78 is 0. The van der Waals surface area contributed by atoms with Crippen molar-refractivity contribution in [1.29, 1.82) is 0 Å². The van der Waals surface area contributed by atoms with Crippen molar-refractivity contribution in [1.82, 2.24) is 9.88 Å². The van der Waals surface area contributed by atoms with Crippen LogP contribution in [-0.4, -0.2) is 54.8 Å². The Balaban J connectivity index is 1.62. The van der Waals surface area contributed by atoms with Crippen molar-refractivity contribution in [3.63, 3.8) is 0 Å². The maximum absolute atomic E-state index is 11.8. The van der Waals surface area contributed by atoms with Gasteiger partial charge in [-0.1, -0.05) is 0 Å². The summed E-state index contributed by atoms with van der Waals surface area (Å²) in [7, 11) is 1.83. The van der Waals surface area contributed by atoms with Gasteiger partial charge < -0.3 is 15.1 Å². The lowest BCUT2D eigenvalue weighted by Gasteiger charge is -2.18. The fourth-order valence-corrected chi connectivity index (χ4v) is 3.82. The van der Waals surface area contributed by atoms with Gasteiger partial charge in [0.05, 0.1) is 11.9 Å². The molecule has 1 aromatic rings. The number of aromatic nitrogens is 1. The number of anilines is 2. The van der Waals surface area contributed by atoms with Gasteiger partial charge in [-0.25, -0.2) is 4.98 Å². The summed E-state index contributed by atoms with van der Waals surface area (Å²) in [5.41, 5.74) is 0.924. The number of amides is 1. The highest BCUT2D eigenvalue weighted by molar-refractivity contribution is 7.99. The van der Waals surface area contributed by atoms with E-state index >= 15 is 0 Å². The van der Waals surface area contributed by atoms with Crippen LogP contribution >= 0.6 is 11.8 Å². The van der Waals surface area contributed by atoms with Crippen molar-refractivity contribution in [2.75, 3.05) is 49.2 Å². The van der Waals surface area contributed by atoms with Gasteiger partial charge in [0.2, 0.25) is 5.91 Å². The molecule has 0 bridgehead atoms. The molecule has 0 aromatic carbocycles. The van der Waals surface area contributed by atoms with Gasteiger partial charge in [0.1, 0.15) is 5.82 Å². The maximum Gasteiger partial charge on any atom is 0.227 e. The van der Waals surface area contributed by atoms with Crippen molar-refractivity contribution in [2.24, 2.45) is 0 Å². The van der Waals surface area contributed by atoms with Gasteiger partial charge in [-0.3, -0.25) is 4.79 Å². The van der Waals surface area contributed by atoms with Gasteiger partial charge in [0.15, 0.2) is 0 Å². The van der Waals surface area contributed by atoms with Gasteiger partial charge in [0, 0.05) is 37.2 Å². The lowest BCUT2D eigenvalue weighted by Crippen LogP contribution is -2.26. The highest BCUT2D eigenvalue weighted by Gasteiger charge is 2.20. The Kier molecular flexibility index (Phi) is 4.65. The Morgan fingerprint density at radius 1 is 1.38 bits per heavy atom. The average molecular weight is 306 g/mol. The predicted octanol–water partition coefficient (Wildman–Crippen LogP) is 2.05. The smallest absolute Gasteiger partial charge is 0.227 e. The number of carbonyl (C=O) groups excluding carboxylic acids is 1. The standard InChI is InChI=1S/C15H22N4OS/c1-18-12-11-17-14(10-13(12)21-9-4-15(18)20)16-5-8-19-6-2-3-7-19/h10-11H,2-9H2,1H3,(H,16,17). The summed E-state index contributed by atoms with van der Waals surface area (Å²) in [5.74, 6) is 1.91. The van der Waals surface area contributed by atoms with E-state index in [0.29, 0.717) is 6.42 Å². The van der Waals surface area contributed by atoms with Crippen LogP contribution in [-0.2, 0) is 4.79 Å². The number of pyridine rings is 1. The molecule has 3 rings (SSSR count). The van der Waals surface area contributed by atoms with E-state index in [9.17, 15) is 4.79 Å². The van der Waals surface area contributed by atoms with Crippen LogP contribution in [0.2, 0.25) is 0 Å². The molecule has 3 heterocycles. The Morgan fingerprint density at radius 2 is 2.19 bits per heavy atom. The maximum atomic E-state index is 11.8. The summed E-state index contributed by atoms with van der Waals surface area (Å²) in [6, 6.07) is 2.07. The topological polar surface area (TPSA) is 48.5 Å². The van der Waals surface area contributed by atoms with E-state index in [0.717, 1.165) is 35.2 Å². The molecular weight excluding hydrogens is 284 g/mol. The molecule has 5 nitrogen and oxygen atoms in total. The van der Waals surface area contributed by atoms with Crippen molar-refractivity contribution < 1.29 is 4.79 Å². The molecule has 0 saturated carbocycles. The van der Waals surface area contributed by atoms with Crippen molar-refractivity contribution in [3.05, 3.63) is 12.3 Å². The molecule has 0 spiro atoms. The van der Waals surface area contributed by atoms with Crippen LogP contribution in [0.4, 0.5) is 11.5 Å². The van der Waals surface area contributed by atoms with Gasteiger partial charge in [-0.15, -0.1) is 11.8 Å². The van der Waals surface area contributed by atoms with Crippen LogP contribution < -0.4 is 10.2 Å². The molecule has 114 valence electrons. The van der Waals surface area contributed by atoms with E-state index in [1.165, 1.54) is 25.9 Å². The summed E-state index contributed by atoms with van der Waals surface area (Å²) in [6.07, 6.45) is 5.06. The van der Waals surface area contributed by atoms with E-state index in [1.807, 2.05) is 13.2 Å². The molecule has 1 fully saturated rings. The van der Waals surface area contributed by atoms with Gasteiger partial charge in [-0.05, 0) is 32.0 Å². The first-order valence-corrected chi connectivity index (χ1v) is 8.58. The minimum Gasteiger partial charge on any atom is -0.369 e. The molecular formula is C15H22N4OS. The molecule has 2 aliphatic rings. The fraction of sp³-hybridized carbons (Fsp3) is 0.600. The molecule has 1 saturated heterocycles. The normalized spacial score (nSPS) is 19.5. The van der Waals surface area contributed by atoms with Crippen LogP contribution in [0.1, 0.15) is 19.3 Å². The molecule has 0 aliphatic carbocycles. The lowest BCUT2D eigenvalue weighted by atomic mass is 10.3. The molecule has 1 amide bonds. The highest BCUT2D eigenvalue weighted by Crippen LogP contribution is 2.34. The number of rotatable bonds is 4. The molecule has 0 atom stereocenters. The second-order valence-corrected chi connectivity index (χ2v) is 6.70. The molecule has 0 unspecified atom stereocenters. The van der Waals surface area contributed by atoms with Gasteiger partial charge >= 0.3 is 0 Å². The van der Waals surface area contributed by atoms with Crippen LogP contribution in [0.25, 0.3) is 0 Å². The number of nitrogens with one attached hydrogen (secondary N) is 1. The second-order valence-electron chi connectivity index (χ2n) is 5.56. The van der Waals surface area contributed by atoms with Crippen LogP contribution in [0.3, 0.4) is 0 Å². The summed E-state index contributed by atoms with van der Waals surface area (Å²) >= 11 is 1.74. The zero-order valence-corrected chi connectivity index (χ0v) is 13.3. The van der Waals surface area contributed by atoms with Gasteiger partial charge in [-0.2, -0.15) is 0 Å². The van der Waals surface area contributed by atoms with Crippen LogP contribution in [0.5, 0.6) is 0 Å². The van der Waals surface area contributed by atoms with Crippen molar-refractivity contribution >= 4 is 29.2 Å². The summed E-state index contributed by atoms with van der Waals surface area (Å²) in [6.45, 7) is 4.44. The largest absolute Gasteiger partial charge is 0.369 e. The SMILES string of the molecule is CN1C(=O)CCSc2cc(NCCN3CCCC3)ncc21. The molecule has 0 radical (unpaired) electrons. The van der Waals surface area contributed by atoms with Crippen LogP contribution in [0.15, 0.2) is 17.2 Å². The number of carbonyl (C=O) groups is 1. The zero-order valence-electron chi connectivity index (χ0n) is 12.5. The zero-order chi connectivity index (χ0) is 14.7. The average Bonchev–Trinajstić information content (AvgIpc) is 2.95. The van der Waals surface area contributed by atoms with E-state index in [4.69, 9.17) is 0 Å². The number of fused-ring (bicyclic) bond motifs is 1. The van der Waals surface area contributed by atoms with E-state index in [1.54, 1.807) is 16.7 Å². The molecule has 6 heteroatoms. The van der Waals surface area contributed by atoms with Crippen molar-refractivity contribution in [2.45, 2.75) is 24.2 Å². The van der Waals surface area contributed by atoms with Crippen molar-refractivity contribution in [3.8, 4) is 0 Å². The molecule has 1 N–H and O–H groups in total. The minimum atomic E-state index is 0.165. The number of likely N-dealkylation sites (tertiary alicyclic amines) is 1. The Hall–Kier alpha value is -1.27. The third-order valence-electron chi connectivity index (χ3n) is 4.09. The third-order valence-corrected chi connectivity index (χ3v) is 5.13. The molecule has 1 aromatic heterocycles. The Bertz CT molecular complexity index is 516. The first-order valence-electron chi connectivity index (χ1n) is 7.59. The lowest BCUT2D eigenvalue weighted by molar-refractivity contribution is -0.117. The first kappa shape index (κ1) is 14.7. The molecule has 2 aliphatic heterocycles. The summed E-state index contributed by atoms with van der Waals surface area (Å²) in [5, 5.41) is 3.40. The Labute approximate surface area is 130 Å². The summed E-state index contributed by atoms with van der Waals surface area (Å²) in [4.78, 5) is 21.6. The number of hydrogen-bond donors (Lipinski definition) is 1. The van der Waals surface area contributed by atoms with Crippen LogP contribution in [0, 0.1) is 0 Å². The van der Waals surface area contributed by atoms with E-state index < -0.39 is 0 Å². The minimum absolute atomic E-state index is 0.165. The van der Waals surface area contributed by atoms with E-state index in [-0.39, 0.29) is 5.91 Å². The third kappa shape index (κ3) is 3.49. The predicted molar refractivity (Wildman–Crippen MR) is 87.2 cm³/mol. The van der Waals surface area contributed by atoms with E-state index in [2.05, 4.69) is 21.3 Å². The fourth-order valence-electron chi connectivity index (χ4n) is 2.79. The number of nitrogens with zero attached hydrogens (tertiary/aromatic N) is 3. The number of hydrogen-bond acceptors (Lipinski definition) is 5. The quantitative estimate of drug-likeness (QED) is 0.922.